The summed E-state index contributed by atoms with van der Waals surface area (Å²) in [5, 5.41) is 0. The Kier molecular flexibility index (Phi) is 3.95. The maximum atomic E-state index is 13.5. The Morgan fingerprint density at radius 2 is 2.05 bits per heavy atom. The van der Waals surface area contributed by atoms with Crippen LogP contribution >= 0.6 is 0 Å². The fourth-order valence-electron chi connectivity index (χ4n) is 3.26. The van der Waals surface area contributed by atoms with Crippen LogP contribution in [0, 0.1) is 18.7 Å². The van der Waals surface area contributed by atoms with Crippen molar-refractivity contribution in [2.24, 2.45) is 5.92 Å². The summed E-state index contributed by atoms with van der Waals surface area (Å²) in [4.78, 5) is 16.8. The van der Waals surface area contributed by atoms with Crippen LogP contribution in [0.3, 0.4) is 0 Å². The smallest absolute Gasteiger partial charge is 0.254 e. The molecule has 2 fully saturated rings. The predicted molar refractivity (Wildman–Crippen MR) is 77.8 cm³/mol. The van der Waals surface area contributed by atoms with Crippen LogP contribution in [0.15, 0.2) is 18.2 Å². The van der Waals surface area contributed by atoms with Crippen molar-refractivity contribution in [3.63, 3.8) is 0 Å². The van der Waals surface area contributed by atoms with Gasteiger partial charge in [-0.1, -0.05) is 0 Å². The first-order chi connectivity index (χ1) is 10.0. The largest absolute Gasteiger partial charge is 0.379 e. The van der Waals surface area contributed by atoms with E-state index in [0.29, 0.717) is 37.8 Å². The molecule has 2 atom stereocenters. The van der Waals surface area contributed by atoms with Gasteiger partial charge in [0.1, 0.15) is 5.82 Å². The van der Waals surface area contributed by atoms with Gasteiger partial charge in [0.05, 0.1) is 19.3 Å². The SMILES string of the molecule is Cc1cc(F)cc(C(=O)N2C[C@@H]3COC[C@H](C2)N(C)C3)c1. The molecule has 1 aromatic rings. The van der Waals surface area contributed by atoms with E-state index in [2.05, 4.69) is 11.9 Å². The highest BCUT2D eigenvalue weighted by atomic mass is 19.1. The lowest BCUT2D eigenvalue weighted by atomic mass is 10.1. The molecule has 2 heterocycles. The van der Waals surface area contributed by atoms with E-state index in [1.807, 2.05) is 4.90 Å². The number of likely N-dealkylation sites (N-methyl/N-ethyl adjacent to an activating group) is 1. The van der Waals surface area contributed by atoms with Gasteiger partial charge in [0, 0.05) is 31.1 Å². The Bertz CT molecular complexity index is 529. The van der Waals surface area contributed by atoms with Crippen molar-refractivity contribution in [2.75, 3.05) is 39.9 Å². The third-order valence-electron chi connectivity index (χ3n) is 4.32. The molecule has 114 valence electrons. The van der Waals surface area contributed by atoms with Crippen LogP contribution in [-0.4, -0.2) is 61.6 Å². The first-order valence-electron chi connectivity index (χ1n) is 7.37. The van der Waals surface area contributed by atoms with Crippen molar-refractivity contribution in [1.29, 1.82) is 0 Å². The lowest BCUT2D eigenvalue weighted by molar-refractivity contribution is 0.0433. The molecular formula is C16H21FN2O2. The maximum absolute atomic E-state index is 13.5. The number of hydrogen-bond donors (Lipinski definition) is 0. The van der Waals surface area contributed by atoms with Crippen LogP contribution in [0.25, 0.3) is 0 Å². The molecule has 0 unspecified atom stereocenters. The second kappa shape index (κ2) is 5.73. The van der Waals surface area contributed by atoms with Crippen LogP contribution in [-0.2, 0) is 4.74 Å². The Morgan fingerprint density at radius 3 is 2.81 bits per heavy atom. The summed E-state index contributed by atoms with van der Waals surface area (Å²) < 4.78 is 19.2. The number of carbonyl (C=O) groups excluding carboxylic acids is 1. The number of halogens is 1. The van der Waals surface area contributed by atoms with E-state index >= 15 is 0 Å². The number of amides is 1. The predicted octanol–water partition coefficient (Wildman–Crippen LogP) is 1.54. The van der Waals surface area contributed by atoms with E-state index in [-0.39, 0.29) is 17.8 Å². The minimum absolute atomic E-state index is 0.0789. The van der Waals surface area contributed by atoms with Crippen LogP contribution in [0.1, 0.15) is 15.9 Å². The van der Waals surface area contributed by atoms with E-state index in [4.69, 9.17) is 4.74 Å². The summed E-state index contributed by atoms with van der Waals surface area (Å²) in [5.74, 6) is -0.111. The molecular weight excluding hydrogens is 271 g/mol. The van der Waals surface area contributed by atoms with Gasteiger partial charge in [0.25, 0.3) is 5.91 Å². The van der Waals surface area contributed by atoms with Crippen molar-refractivity contribution in [1.82, 2.24) is 9.80 Å². The van der Waals surface area contributed by atoms with Gasteiger partial charge in [0.15, 0.2) is 0 Å². The Labute approximate surface area is 124 Å². The molecule has 1 aromatic carbocycles. The summed E-state index contributed by atoms with van der Waals surface area (Å²) >= 11 is 0. The number of benzene rings is 1. The highest BCUT2D eigenvalue weighted by molar-refractivity contribution is 5.94. The molecule has 0 radical (unpaired) electrons. The van der Waals surface area contributed by atoms with Gasteiger partial charge in [-0.3, -0.25) is 9.69 Å². The van der Waals surface area contributed by atoms with Gasteiger partial charge in [-0.2, -0.15) is 0 Å². The highest BCUT2D eigenvalue weighted by Crippen LogP contribution is 2.20. The van der Waals surface area contributed by atoms with Gasteiger partial charge >= 0.3 is 0 Å². The average molecular weight is 292 g/mol. The molecule has 2 aliphatic rings. The van der Waals surface area contributed by atoms with E-state index in [1.165, 1.54) is 12.1 Å². The van der Waals surface area contributed by atoms with Gasteiger partial charge in [0.2, 0.25) is 0 Å². The molecule has 0 spiro atoms. The number of hydrogen-bond acceptors (Lipinski definition) is 3. The lowest BCUT2D eigenvalue weighted by Crippen LogP contribution is -2.44. The topological polar surface area (TPSA) is 32.8 Å². The molecule has 21 heavy (non-hydrogen) atoms. The maximum Gasteiger partial charge on any atom is 0.254 e. The van der Waals surface area contributed by atoms with Crippen molar-refractivity contribution >= 4 is 5.91 Å². The quantitative estimate of drug-likeness (QED) is 0.787. The first kappa shape index (κ1) is 14.5. The molecule has 5 heteroatoms. The Balaban J connectivity index is 1.84. The summed E-state index contributed by atoms with van der Waals surface area (Å²) in [6.07, 6.45) is 0. The van der Waals surface area contributed by atoms with Gasteiger partial charge in [-0.05, 0) is 37.7 Å². The molecule has 0 N–H and O–H groups in total. The molecule has 2 bridgehead atoms. The highest BCUT2D eigenvalue weighted by Gasteiger charge is 2.33. The third-order valence-corrected chi connectivity index (χ3v) is 4.32. The van der Waals surface area contributed by atoms with E-state index in [0.717, 1.165) is 12.1 Å². The number of nitrogens with zero attached hydrogens (tertiary/aromatic N) is 2. The number of ether oxygens (including phenoxy) is 1. The molecule has 2 aliphatic heterocycles. The summed E-state index contributed by atoms with van der Waals surface area (Å²) in [7, 11) is 2.08. The zero-order chi connectivity index (χ0) is 15.0. The summed E-state index contributed by atoms with van der Waals surface area (Å²) in [5.41, 5.74) is 1.21. The standard InChI is InChI=1S/C16H21FN2O2/c1-11-3-13(5-14(17)4-11)16(20)19-7-12-6-18(2)15(8-19)10-21-9-12/h3-5,12,15H,6-10H2,1-2H3/t12-,15+/m1/s1. The van der Waals surface area contributed by atoms with Crippen LogP contribution in [0.4, 0.5) is 4.39 Å². The summed E-state index contributed by atoms with van der Waals surface area (Å²) in [6.45, 7) is 5.40. The summed E-state index contributed by atoms with van der Waals surface area (Å²) in [6, 6.07) is 4.74. The molecule has 0 saturated carbocycles. The van der Waals surface area contributed by atoms with Crippen molar-refractivity contribution < 1.29 is 13.9 Å². The van der Waals surface area contributed by atoms with E-state index in [9.17, 15) is 9.18 Å². The van der Waals surface area contributed by atoms with Crippen molar-refractivity contribution in [3.8, 4) is 0 Å². The fraction of sp³-hybridized carbons (Fsp3) is 0.562. The molecule has 1 amide bonds. The molecule has 0 aliphatic carbocycles. The van der Waals surface area contributed by atoms with Crippen LogP contribution in [0.2, 0.25) is 0 Å². The minimum atomic E-state index is -0.353. The Morgan fingerprint density at radius 1 is 1.24 bits per heavy atom. The van der Waals surface area contributed by atoms with Crippen molar-refractivity contribution in [3.05, 3.63) is 35.1 Å². The third kappa shape index (κ3) is 3.09. The van der Waals surface area contributed by atoms with E-state index < -0.39 is 0 Å². The van der Waals surface area contributed by atoms with Crippen molar-refractivity contribution in [2.45, 2.75) is 13.0 Å². The molecule has 3 rings (SSSR count). The van der Waals surface area contributed by atoms with Crippen LogP contribution in [0.5, 0.6) is 0 Å². The normalized spacial score (nSPS) is 26.5. The number of aryl methyl sites for hydroxylation is 1. The minimum Gasteiger partial charge on any atom is -0.379 e. The van der Waals surface area contributed by atoms with E-state index in [1.54, 1.807) is 13.0 Å². The monoisotopic (exact) mass is 292 g/mol. The first-order valence-corrected chi connectivity index (χ1v) is 7.37. The molecule has 0 aromatic heterocycles. The average Bonchev–Trinajstić information content (AvgIpc) is 2.65. The fourth-order valence-corrected chi connectivity index (χ4v) is 3.26. The number of carbonyl (C=O) groups is 1. The van der Waals surface area contributed by atoms with Gasteiger partial charge in [-0.25, -0.2) is 4.39 Å². The van der Waals surface area contributed by atoms with Crippen LogP contribution < -0.4 is 0 Å². The van der Waals surface area contributed by atoms with Gasteiger partial charge < -0.3 is 9.64 Å². The lowest BCUT2D eigenvalue weighted by Gasteiger charge is -2.30. The second-order valence-electron chi connectivity index (χ2n) is 6.22. The molecule has 2 saturated heterocycles. The Hall–Kier alpha value is -1.46. The zero-order valence-electron chi connectivity index (χ0n) is 12.5. The molecule has 4 nitrogen and oxygen atoms in total. The van der Waals surface area contributed by atoms with Gasteiger partial charge in [-0.15, -0.1) is 0 Å². The zero-order valence-corrected chi connectivity index (χ0v) is 12.5. The number of fused-ring (bicyclic) bond motifs is 3. The second-order valence-corrected chi connectivity index (χ2v) is 6.22. The number of rotatable bonds is 1.